The molecule has 0 aromatic heterocycles. The first-order valence-electron chi connectivity index (χ1n) is 9.07. The van der Waals surface area contributed by atoms with Crippen molar-refractivity contribution in [1.29, 1.82) is 0 Å². The zero-order valence-corrected chi connectivity index (χ0v) is 20.1. The van der Waals surface area contributed by atoms with Gasteiger partial charge in [0.2, 0.25) is 11.6 Å². The predicted molar refractivity (Wildman–Crippen MR) is 130 cm³/mol. The van der Waals surface area contributed by atoms with E-state index in [9.17, 15) is 14.7 Å². The third kappa shape index (κ3) is 4.31. The summed E-state index contributed by atoms with van der Waals surface area (Å²) in [5.41, 5.74) is 2.34. The van der Waals surface area contributed by atoms with E-state index in [1.54, 1.807) is 24.3 Å². The van der Waals surface area contributed by atoms with Crippen molar-refractivity contribution >= 4 is 66.2 Å². The van der Waals surface area contributed by atoms with Gasteiger partial charge < -0.3 is 5.11 Å². The molecule has 1 saturated carbocycles. The molecule has 0 saturated heterocycles. The number of carbonyl (C=O) groups is 2. The van der Waals surface area contributed by atoms with E-state index in [2.05, 4.69) is 49.4 Å². The van der Waals surface area contributed by atoms with Gasteiger partial charge in [-0.15, -0.1) is 0 Å². The highest BCUT2D eigenvalue weighted by atomic mass is 128. The van der Waals surface area contributed by atoms with E-state index < -0.39 is 11.6 Å². The summed E-state index contributed by atoms with van der Waals surface area (Å²) < 4.78 is 0. The van der Waals surface area contributed by atoms with Crippen molar-refractivity contribution in [2.45, 2.75) is 31.6 Å². The molecule has 0 amide bonds. The van der Waals surface area contributed by atoms with Gasteiger partial charge in [0, 0.05) is 59.0 Å². The van der Waals surface area contributed by atoms with Crippen LogP contribution in [-0.4, -0.2) is 16.7 Å². The number of aliphatic hydroxyl groups excluding tert-OH is 1. The van der Waals surface area contributed by atoms with Crippen LogP contribution in [0.5, 0.6) is 0 Å². The first-order chi connectivity index (χ1) is 13.6. The lowest BCUT2D eigenvalue weighted by atomic mass is 9.72. The molecule has 0 bridgehead atoms. The van der Waals surface area contributed by atoms with Gasteiger partial charge in [-0.1, -0.05) is 48.0 Å². The van der Waals surface area contributed by atoms with Crippen LogP contribution < -0.4 is 0 Å². The Morgan fingerprint density at radius 3 is 1.93 bits per heavy atom. The quantitative estimate of drug-likeness (QED) is 0.288. The van der Waals surface area contributed by atoms with Crippen LogP contribution in [0.2, 0.25) is 5.02 Å². The van der Waals surface area contributed by atoms with Crippen LogP contribution in [-0.2, 0) is 4.79 Å². The standard InChI is InChI=1S/C22H19ClO3.I2/c23-16-11-9-14(10-12-16)13-5-7-15(8-6-13)19-20(24)17-3-1-2-4-18(17)21(25)22(19)26;1-2/h1-4,9-13,15,24H,5-8H2;. The monoisotopic (exact) mass is 620 g/mol. The van der Waals surface area contributed by atoms with Crippen LogP contribution in [0.1, 0.15) is 53.1 Å². The van der Waals surface area contributed by atoms with Gasteiger partial charge in [0.15, 0.2) is 0 Å². The summed E-state index contributed by atoms with van der Waals surface area (Å²) >= 11 is 10.2. The number of ketones is 2. The summed E-state index contributed by atoms with van der Waals surface area (Å²) in [6.07, 6.45) is 3.42. The second kappa shape index (κ2) is 9.71. The van der Waals surface area contributed by atoms with E-state index >= 15 is 0 Å². The van der Waals surface area contributed by atoms with Gasteiger partial charge in [-0.25, -0.2) is 0 Å². The average Bonchev–Trinajstić information content (AvgIpc) is 2.75. The molecular formula is C22H19ClI2O3. The molecule has 0 unspecified atom stereocenters. The normalized spacial score (nSPS) is 21.7. The molecule has 2 aromatic rings. The molecule has 0 radical (unpaired) electrons. The lowest BCUT2D eigenvalue weighted by Gasteiger charge is -2.31. The molecule has 6 heteroatoms. The van der Waals surface area contributed by atoms with E-state index in [0.717, 1.165) is 30.7 Å². The number of fused-ring (bicyclic) bond motifs is 1. The lowest BCUT2D eigenvalue weighted by molar-refractivity contribution is -0.112. The predicted octanol–water partition coefficient (Wildman–Crippen LogP) is 7.12. The van der Waals surface area contributed by atoms with Gasteiger partial charge in [0.05, 0.1) is 0 Å². The highest BCUT2D eigenvalue weighted by Gasteiger charge is 2.38. The number of hydrogen-bond donors (Lipinski definition) is 1. The lowest BCUT2D eigenvalue weighted by Crippen LogP contribution is -2.29. The third-order valence-electron chi connectivity index (χ3n) is 5.61. The van der Waals surface area contributed by atoms with Crippen molar-refractivity contribution in [3.05, 3.63) is 75.8 Å². The topological polar surface area (TPSA) is 54.4 Å². The van der Waals surface area contributed by atoms with Gasteiger partial charge in [0.1, 0.15) is 5.76 Å². The Labute approximate surface area is 192 Å². The maximum Gasteiger partial charge on any atom is 0.234 e. The highest BCUT2D eigenvalue weighted by molar-refractivity contribution is 15.0. The van der Waals surface area contributed by atoms with Crippen LogP contribution >= 0.6 is 48.8 Å². The minimum Gasteiger partial charge on any atom is -0.507 e. The number of carbonyl (C=O) groups excluding carboxylic acids is 2. The molecule has 0 spiro atoms. The maximum atomic E-state index is 12.6. The highest BCUT2D eigenvalue weighted by Crippen LogP contribution is 2.42. The average molecular weight is 621 g/mol. The summed E-state index contributed by atoms with van der Waals surface area (Å²) in [6, 6.07) is 14.7. The van der Waals surface area contributed by atoms with Crippen LogP contribution in [0.25, 0.3) is 5.76 Å². The van der Waals surface area contributed by atoms with Crippen molar-refractivity contribution in [2.24, 2.45) is 5.92 Å². The SMILES string of the molecule is II.O=C1C(=O)c2ccccc2C(O)=C1C1CCC(c2ccc(Cl)cc2)CC1. The molecular weight excluding hydrogens is 602 g/mol. The van der Waals surface area contributed by atoms with Gasteiger partial charge in [0.25, 0.3) is 0 Å². The largest absolute Gasteiger partial charge is 0.507 e. The Morgan fingerprint density at radius 2 is 1.32 bits per heavy atom. The zero-order valence-electron chi connectivity index (χ0n) is 15.0. The first kappa shape index (κ1) is 21.8. The number of Topliss-reactive ketones (excluding diaryl/α,β-unsaturated/α-hetero) is 2. The summed E-state index contributed by atoms with van der Waals surface area (Å²) in [4.78, 5) is 25.0. The Hall–Kier alpha value is -0.930. The Kier molecular flexibility index (Phi) is 7.55. The molecule has 146 valence electrons. The van der Waals surface area contributed by atoms with Crippen LogP contribution in [0.3, 0.4) is 0 Å². The Morgan fingerprint density at radius 1 is 0.786 bits per heavy atom. The summed E-state index contributed by atoms with van der Waals surface area (Å²) in [5.74, 6) is -0.708. The maximum absolute atomic E-state index is 12.6. The third-order valence-corrected chi connectivity index (χ3v) is 5.86. The van der Waals surface area contributed by atoms with E-state index in [-0.39, 0.29) is 11.7 Å². The number of aliphatic hydroxyl groups is 1. The summed E-state index contributed by atoms with van der Waals surface area (Å²) in [6.45, 7) is 0. The minimum atomic E-state index is -0.545. The Balaban J connectivity index is 0.00000109. The fraction of sp³-hybridized carbons (Fsp3) is 0.273. The van der Waals surface area contributed by atoms with Crippen molar-refractivity contribution in [2.75, 3.05) is 0 Å². The van der Waals surface area contributed by atoms with Crippen molar-refractivity contribution in [1.82, 2.24) is 0 Å². The van der Waals surface area contributed by atoms with E-state index in [4.69, 9.17) is 11.6 Å². The van der Waals surface area contributed by atoms with Gasteiger partial charge in [-0.05, 0) is 55.2 Å². The van der Waals surface area contributed by atoms with E-state index in [1.165, 1.54) is 5.56 Å². The number of halogens is 3. The minimum absolute atomic E-state index is 0.0138. The molecule has 0 heterocycles. The van der Waals surface area contributed by atoms with Crippen molar-refractivity contribution in [3.63, 3.8) is 0 Å². The van der Waals surface area contributed by atoms with Crippen LogP contribution in [0, 0.1) is 5.92 Å². The first-order valence-corrected chi connectivity index (χ1v) is 15.7. The van der Waals surface area contributed by atoms with Gasteiger partial charge in [-0.3, -0.25) is 9.59 Å². The molecule has 3 nitrogen and oxygen atoms in total. The molecule has 2 aliphatic rings. The number of benzene rings is 2. The fourth-order valence-corrected chi connectivity index (χ4v) is 4.34. The molecule has 0 atom stereocenters. The van der Waals surface area contributed by atoms with Crippen molar-refractivity contribution in [3.8, 4) is 0 Å². The summed E-state index contributed by atoms with van der Waals surface area (Å²) in [5, 5.41) is 11.4. The van der Waals surface area contributed by atoms with Crippen LogP contribution in [0.15, 0.2) is 54.1 Å². The number of rotatable bonds is 2. The molecule has 0 aliphatic heterocycles. The molecule has 4 rings (SSSR count). The second-order valence-corrected chi connectivity index (χ2v) is 7.50. The zero-order chi connectivity index (χ0) is 20.3. The number of hydrogen-bond acceptors (Lipinski definition) is 3. The smallest absolute Gasteiger partial charge is 0.234 e. The molecule has 2 aliphatic carbocycles. The summed E-state index contributed by atoms with van der Waals surface area (Å²) in [7, 11) is 0. The molecule has 1 N–H and O–H groups in total. The molecule has 28 heavy (non-hydrogen) atoms. The Bertz CT molecular complexity index is 914. The fourth-order valence-electron chi connectivity index (χ4n) is 4.21. The van der Waals surface area contributed by atoms with Crippen LogP contribution in [0.4, 0.5) is 0 Å². The second-order valence-electron chi connectivity index (χ2n) is 7.07. The molecule has 1 fully saturated rings. The van der Waals surface area contributed by atoms with E-state index in [1.807, 2.05) is 12.1 Å². The number of allylic oxidation sites excluding steroid dienone is 1. The van der Waals surface area contributed by atoms with Crippen molar-refractivity contribution < 1.29 is 14.7 Å². The van der Waals surface area contributed by atoms with Gasteiger partial charge in [-0.2, -0.15) is 0 Å². The van der Waals surface area contributed by atoms with Gasteiger partial charge >= 0.3 is 0 Å². The van der Waals surface area contributed by atoms with E-state index in [0.29, 0.717) is 22.6 Å². The molecule has 2 aromatic carbocycles.